The molecule has 3 aromatic carbocycles. The average Bonchev–Trinajstić information content (AvgIpc) is 2.79. The monoisotopic (exact) mass is 432 g/mol. The highest BCUT2D eigenvalue weighted by atomic mass is 19.1. The van der Waals surface area contributed by atoms with E-state index < -0.39 is 6.04 Å². The predicted octanol–water partition coefficient (Wildman–Crippen LogP) is 4.45. The Morgan fingerprint density at radius 1 is 0.906 bits per heavy atom. The van der Waals surface area contributed by atoms with Gasteiger partial charge in [-0.3, -0.25) is 9.59 Å². The first kappa shape index (κ1) is 23.2. The lowest BCUT2D eigenvalue weighted by atomic mass is 10.0. The van der Waals surface area contributed by atoms with Crippen LogP contribution in [-0.4, -0.2) is 29.3 Å². The van der Waals surface area contributed by atoms with E-state index in [1.165, 1.54) is 12.1 Å². The third-order valence-electron chi connectivity index (χ3n) is 5.49. The maximum Gasteiger partial charge on any atom is 0.243 e. The summed E-state index contributed by atoms with van der Waals surface area (Å²) in [5.41, 5.74) is 3.73. The summed E-state index contributed by atoms with van der Waals surface area (Å²) < 4.78 is 13.3. The van der Waals surface area contributed by atoms with Crippen molar-refractivity contribution in [1.82, 2.24) is 10.2 Å². The molecule has 2 amide bonds. The van der Waals surface area contributed by atoms with E-state index in [1.54, 1.807) is 17.0 Å². The molecule has 1 atom stereocenters. The molecule has 0 aliphatic carbocycles. The van der Waals surface area contributed by atoms with E-state index in [0.717, 1.165) is 16.7 Å². The van der Waals surface area contributed by atoms with E-state index >= 15 is 0 Å². The van der Waals surface area contributed by atoms with Crippen molar-refractivity contribution in [1.29, 1.82) is 0 Å². The van der Waals surface area contributed by atoms with Crippen molar-refractivity contribution in [2.75, 3.05) is 6.54 Å². The normalized spacial score (nSPS) is 11.6. The fourth-order valence-electron chi connectivity index (χ4n) is 3.70. The van der Waals surface area contributed by atoms with E-state index in [0.29, 0.717) is 25.1 Å². The number of rotatable bonds is 9. The summed E-state index contributed by atoms with van der Waals surface area (Å²) in [5.74, 6) is -0.702. The topological polar surface area (TPSA) is 49.4 Å². The molecule has 3 aromatic rings. The zero-order valence-electron chi connectivity index (χ0n) is 18.6. The Kier molecular flexibility index (Phi) is 8.14. The molecule has 0 aliphatic heterocycles. The Labute approximate surface area is 189 Å². The van der Waals surface area contributed by atoms with Crippen molar-refractivity contribution in [2.24, 2.45) is 0 Å². The number of likely N-dealkylation sites (N-methyl/N-ethyl adjacent to an activating group) is 1. The molecular weight excluding hydrogens is 403 g/mol. The van der Waals surface area contributed by atoms with Crippen molar-refractivity contribution in [3.05, 3.63) is 107 Å². The first-order valence-corrected chi connectivity index (χ1v) is 10.9. The summed E-state index contributed by atoms with van der Waals surface area (Å²) in [6.45, 7) is 4.66. The summed E-state index contributed by atoms with van der Waals surface area (Å²) in [6.07, 6.45) is 0.505. The molecule has 0 radical (unpaired) electrons. The number of nitrogens with zero attached hydrogens (tertiary/aromatic N) is 1. The number of halogens is 1. The van der Waals surface area contributed by atoms with E-state index in [-0.39, 0.29) is 24.1 Å². The fourth-order valence-corrected chi connectivity index (χ4v) is 3.70. The molecule has 0 spiro atoms. The van der Waals surface area contributed by atoms with Crippen LogP contribution in [0.3, 0.4) is 0 Å². The van der Waals surface area contributed by atoms with E-state index in [1.807, 2.05) is 68.4 Å². The van der Waals surface area contributed by atoms with Gasteiger partial charge in [-0.25, -0.2) is 4.39 Å². The highest BCUT2D eigenvalue weighted by molar-refractivity contribution is 5.88. The van der Waals surface area contributed by atoms with Crippen molar-refractivity contribution in [2.45, 2.75) is 39.3 Å². The van der Waals surface area contributed by atoms with Gasteiger partial charge in [-0.2, -0.15) is 0 Å². The zero-order chi connectivity index (χ0) is 22.9. The number of amides is 2. The summed E-state index contributed by atoms with van der Waals surface area (Å²) >= 11 is 0. The maximum absolute atomic E-state index is 13.5. The zero-order valence-corrected chi connectivity index (χ0v) is 18.6. The number of hydrogen-bond acceptors (Lipinski definition) is 2. The minimum atomic E-state index is -0.662. The average molecular weight is 433 g/mol. The number of carbonyl (C=O) groups is 2. The molecule has 3 rings (SSSR count). The van der Waals surface area contributed by atoms with Crippen LogP contribution in [0.2, 0.25) is 0 Å². The second-order valence-electron chi connectivity index (χ2n) is 7.85. The highest BCUT2D eigenvalue weighted by Gasteiger charge is 2.30. The lowest BCUT2D eigenvalue weighted by molar-refractivity contribution is -0.140. The number of nitrogens with one attached hydrogen (secondary N) is 1. The summed E-state index contributed by atoms with van der Waals surface area (Å²) in [6, 6.07) is 22.8. The Balaban J connectivity index is 1.95. The van der Waals surface area contributed by atoms with Crippen LogP contribution in [0, 0.1) is 12.7 Å². The summed E-state index contributed by atoms with van der Waals surface area (Å²) in [5, 5.41) is 2.89. The summed E-state index contributed by atoms with van der Waals surface area (Å²) in [7, 11) is 0. The van der Waals surface area contributed by atoms with Crippen LogP contribution in [-0.2, 0) is 29.0 Å². The smallest absolute Gasteiger partial charge is 0.243 e. The Morgan fingerprint density at radius 3 is 2.22 bits per heavy atom. The standard InChI is InChI=1S/C27H29FN2O2/c1-3-29-27(32)25(17-21-10-5-4-6-11-21)30(19-23-12-8-7-9-20(23)2)26(31)18-22-13-15-24(28)16-14-22/h4-16,25H,3,17-19H2,1-2H3,(H,29,32). The van der Waals surface area contributed by atoms with Gasteiger partial charge in [0, 0.05) is 19.5 Å². The van der Waals surface area contributed by atoms with Crippen LogP contribution < -0.4 is 5.32 Å². The van der Waals surface area contributed by atoms with Gasteiger partial charge in [0.25, 0.3) is 0 Å². The molecule has 4 nitrogen and oxygen atoms in total. The molecule has 32 heavy (non-hydrogen) atoms. The minimum Gasteiger partial charge on any atom is -0.355 e. The molecule has 0 aliphatic rings. The Morgan fingerprint density at radius 2 is 1.56 bits per heavy atom. The van der Waals surface area contributed by atoms with E-state index in [9.17, 15) is 14.0 Å². The van der Waals surface area contributed by atoms with Crippen LogP contribution in [0.5, 0.6) is 0 Å². The molecule has 0 fully saturated rings. The van der Waals surface area contributed by atoms with Crippen molar-refractivity contribution < 1.29 is 14.0 Å². The van der Waals surface area contributed by atoms with Crippen LogP contribution in [0.4, 0.5) is 4.39 Å². The third kappa shape index (κ3) is 6.27. The van der Waals surface area contributed by atoms with Crippen molar-refractivity contribution in [3.8, 4) is 0 Å². The Hall–Kier alpha value is -3.47. The number of aryl methyl sites for hydroxylation is 1. The van der Waals surface area contributed by atoms with Gasteiger partial charge in [0.1, 0.15) is 11.9 Å². The van der Waals surface area contributed by atoms with Crippen LogP contribution in [0.1, 0.15) is 29.2 Å². The quantitative estimate of drug-likeness (QED) is 0.543. The minimum absolute atomic E-state index is 0.0941. The van der Waals surface area contributed by atoms with Crippen LogP contribution in [0.25, 0.3) is 0 Å². The van der Waals surface area contributed by atoms with Crippen molar-refractivity contribution >= 4 is 11.8 Å². The van der Waals surface area contributed by atoms with Gasteiger partial charge in [-0.1, -0.05) is 66.7 Å². The van der Waals surface area contributed by atoms with Gasteiger partial charge in [-0.15, -0.1) is 0 Å². The van der Waals surface area contributed by atoms with Crippen molar-refractivity contribution in [3.63, 3.8) is 0 Å². The lowest BCUT2D eigenvalue weighted by Gasteiger charge is -2.32. The van der Waals surface area contributed by atoms with E-state index in [4.69, 9.17) is 0 Å². The number of hydrogen-bond donors (Lipinski definition) is 1. The van der Waals surface area contributed by atoms with Gasteiger partial charge in [0.05, 0.1) is 6.42 Å². The van der Waals surface area contributed by atoms with Crippen LogP contribution >= 0.6 is 0 Å². The summed E-state index contributed by atoms with van der Waals surface area (Å²) in [4.78, 5) is 28.3. The first-order valence-electron chi connectivity index (χ1n) is 10.9. The lowest BCUT2D eigenvalue weighted by Crippen LogP contribution is -2.51. The molecule has 0 aromatic heterocycles. The second kappa shape index (κ2) is 11.2. The molecule has 0 heterocycles. The van der Waals surface area contributed by atoms with Gasteiger partial charge in [0.2, 0.25) is 11.8 Å². The molecule has 0 saturated carbocycles. The highest BCUT2D eigenvalue weighted by Crippen LogP contribution is 2.18. The van der Waals surface area contributed by atoms with Gasteiger partial charge in [-0.05, 0) is 48.2 Å². The third-order valence-corrected chi connectivity index (χ3v) is 5.49. The maximum atomic E-state index is 13.5. The molecule has 166 valence electrons. The molecular formula is C27H29FN2O2. The molecule has 0 bridgehead atoms. The fraction of sp³-hybridized carbons (Fsp3) is 0.259. The first-order chi connectivity index (χ1) is 15.5. The van der Waals surface area contributed by atoms with Gasteiger partial charge >= 0.3 is 0 Å². The molecule has 1 unspecified atom stereocenters. The number of carbonyl (C=O) groups excluding carboxylic acids is 2. The van der Waals surface area contributed by atoms with Gasteiger partial charge < -0.3 is 10.2 Å². The number of benzene rings is 3. The molecule has 1 N–H and O–H groups in total. The SMILES string of the molecule is CCNC(=O)C(Cc1ccccc1)N(Cc1ccccc1C)C(=O)Cc1ccc(F)cc1. The molecule has 5 heteroatoms. The molecule has 0 saturated heterocycles. The van der Waals surface area contributed by atoms with E-state index in [2.05, 4.69) is 5.32 Å². The Bertz CT molecular complexity index is 1040. The second-order valence-corrected chi connectivity index (χ2v) is 7.85. The predicted molar refractivity (Wildman–Crippen MR) is 124 cm³/mol. The largest absolute Gasteiger partial charge is 0.355 e. The van der Waals surface area contributed by atoms with Crippen LogP contribution in [0.15, 0.2) is 78.9 Å². The van der Waals surface area contributed by atoms with Gasteiger partial charge in [0.15, 0.2) is 0 Å².